The van der Waals surface area contributed by atoms with Crippen molar-refractivity contribution in [1.29, 1.82) is 0 Å². The molecule has 0 aromatic heterocycles. The average Bonchev–Trinajstić information content (AvgIpc) is 3.35. The summed E-state index contributed by atoms with van der Waals surface area (Å²) in [5.74, 6) is 2.74. The lowest BCUT2D eigenvalue weighted by molar-refractivity contribution is -0.142. The number of hydrogen-bond donors (Lipinski definition) is 1. The Kier molecular flexibility index (Phi) is 10.6. The van der Waals surface area contributed by atoms with Crippen molar-refractivity contribution in [2.24, 2.45) is 4.99 Å². The molecule has 0 spiro atoms. The van der Waals surface area contributed by atoms with Crippen LogP contribution in [0.15, 0.2) is 17.1 Å². The number of ether oxygens (including phenoxy) is 4. The molecule has 2 saturated heterocycles. The topological polar surface area (TPSA) is 84.9 Å². The minimum atomic E-state index is -0.256. The van der Waals surface area contributed by atoms with Gasteiger partial charge in [0.05, 0.1) is 27.9 Å². The summed E-state index contributed by atoms with van der Waals surface area (Å²) in [5.41, 5.74) is 0.956. The molecule has 9 nitrogen and oxygen atoms in total. The van der Waals surface area contributed by atoms with E-state index >= 15 is 0 Å². The molecule has 0 saturated carbocycles. The summed E-state index contributed by atoms with van der Waals surface area (Å²) >= 11 is 0. The van der Waals surface area contributed by atoms with Gasteiger partial charge in [-0.25, -0.2) is 4.99 Å². The summed E-state index contributed by atoms with van der Waals surface area (Å²) in [7, 11) is 4.79. The van der Waals surface area contributed by atoms with Gasteiger partial charge in [-0.1, -0.05) is 0 Å². The van der Waals surface area contributed by atoms with E-state index in [0.29, 0.717) is 43.5 Å². The van der Waals surface area contributed by atoms with Gasteiger partial charge in [0.25, 0.3) is 5.91 Å². The zero-order valence-corrected chi connectivity index (χ0v) is 21.7. The Hall–Kier alpha value is -1.95. The molecule has 0 aliphatic carbocycles. The fourth-order valence-electron chi connectivity index (χ4n) is 3.93. The summed E-state index contributed by atoms with van der Waals surface area (Å²) in [6.45, 7) is 6.79. The van der Waals surface area contributed by atoms with Crippen LogP contribution in [0.3, 0.4) is 0 Å². The molecule has 2 aliphatic rings. The monoisotopic (exact) mass is 562 g/mol. The fourth-order valence-corrected chi connectivity index (χ4v) is 3.93. The highest BCUT2D eigenvalue weighted by Crippen LogP contribution is 2.38. The number of amides is 1. The number of rotatable bonds is 7. The second-order valence-corrected chi connectivity index (χ2v) is 7.52. The van der Waals surface area contributed by atoms with E-state index in [1.165, 1.54) is 0 Å². The van der Waals surface area contributed by atoms with Gasteiger partial charge in [0.15, 0.2) is 17.5 Å². The SMILES string of the molecule is CCNC(=NCc1cc(OC)c(OC)c(OC)c1)N1CCN(C(=O)C2CCCO2)CC1.I. The number of hydrogen-bond acceptors (Lipinski definition) is 6. The van der Waals surface area contributed by atoms with Gasteiger partial charge in [-0.15, -0.1) is 24.0 Å². The largest absolute Gasteiger partial charge is 0.493 e. The third-order valence-electron chi connectivity index (χ3n) is 5.57. The minimum Gasteiger partial charge on any atom is -0.493 e. The molecule has 0 radical (unpaired) electrons. The molecule has 10 heteroatoms. The Morgan fingerprint density at radius 2 is 1.72 bits per heavy atom. The van der Waals surface area contributed by atoms with Gasteiger partial charge < -0.3 is 34.1 Å². The summed E-state index contributed by atoms with van der Waals surface area (Å²) in [6, 6.07) is 3.82. The van der Waals surface area contributed by atoms with E-state index in [1.807, 2.05) is 24.0 Å². The smallest absolute Gasteiger partial charge is 0.251 e. The molecule has 2 fully saturated rings. The molecule has 3 rings (SSSR count). The summed E-state index contributed by atoms with van der Waals surface area (Å²) < 4.78 is 21.8. The van der Waals surface area contributed by atoms with Crippen LogP contribution in [0.2, 0.25) is 0 Å². The summed E-state index contributed by atoms with van der Waals surface area (Å²) in [4.78, 5) is 21.5. The first-order chi connectivity index (χ1) is 15.1. The standard InChI is InChI=1S/C22H34N4O5.HI/c1-5-23-22(24-15-16-13-18(28-2)20(30-4)19(14-16)29-3)26-10-8-25(9-11-26)21(27)17-7-6-12-31-17;/h13-14,17H,5-12,15H2,1-4H3,(H,23,24);1H. The van der Waals surface area contributed by atoms with Crippen molar-refractivity contribution in [3.63, 3.8) is 0 Å². The molecule has 32 heavy (non-hydrogen) atoms. The van der Waals surface area contributed by atoms with E-state index < -0.39 is 0 Å². The fraction of sp³-hybridized carbons (Fsp3) is 0.636. The first kappa shape index (κ1) is 26.3. The van der Waals surface area contributed by atoms with E-state index in [2.05, 4.69) is 10.2 Å². The van der Waals surface area contributed by atoms with E-state index in [4.69, 9.17) is 23.9 Å². The molecule has 180 valence electrons. The Morgan fingerprint density at radius 3 is 2.22 bits per heavy atom. The van der Waals surface area contributed by atoms with Crippen LogP contribution in [-0.2, 0) is 16.1 Å². The van der Waals surface area contributed by atoms with Crippen molar-refractivity contribution < 1.29 is 23.7 Å². The van der Waals surface area contributed by atoms with Crippen LogP contribution in [0.25, 0.3) is 0 Å². The van der Waals surface area contributed by atoms with Crippen LogP contribution < -0.4 is 19.5 Å². The number of halogens is 1. The predicted molar refractivity (Wildman–Crippen MR) is 133 cm³/mol. The van der Waals surface area contributed by atoms with Crippen molar-refractivity contribution in [2.75, 3.05) is 60.7 Å². The predicted octanol–water partition coefficient (Wildman–Crippen LogP) is 2.12. The highest BCUT2D eigenvalue weighted by Gasteiger charge is 2.30. The van der Waals surface area contributed by atoms with Crippen molar-refractivity contribution in [3.8, 4) is 17.2 Å². The number of aliphatic imine (C=N–C) groups is 1. The molecule has 1 N–H and O–H groups in total. The molecule has 1 aromatic carbocycles. The molecular weight excluding hydrogens is 527 g/mol. The second-order valence-electron chi connectivity index (χ2n) is 7.52. The van der Waals surface area contributed by atoms with Crippen LogP contribution in [-0.4, -0.2) is 88.4 Å². The lowest BCUT2D eigenvalue weighted by Gasteiger charge is -2.37. The number of piperazine rings is 1. The maximum atomic E-state index is 12.6. The third-order valence-corrected chi connectivity index (χ3v) is 5.57. The highest BCUT2D eigenvalue weighted by atomic mass is 127. The lowest BCUT2D eigenvalue weighted by atomic mass is 10.2. The van der Waals surface area contributed by atoms with Gasteiger partial charge >= 0.3 is 0 Å². The number of methoxy groups -OCH3 is 3. The van der Waals surface area contributed by atoms with Crippen molar-refractivity contribution in [2.45, 2.75) is 32.4 Å². The van der Waals surface area contributed by atoms with Crippen LogP contribution in [0, 0.1) is 0 Å². The van der Waals surface area contributed by atoms with Crippen molar-refractivity contribution >= 4 is 35.8 Å². The quantitative estimate of drug-likeness (QED) is 0.310. The highest BCUT2D eigenvalue weighted by molar-refractivity contribution is 14.0. The number of carbonyl (C=O) groups excluding carboxylic acids is 1. The first-order valence-corrected chi connectivity index (χ1v) is 10.8. The maximum Gasteiger partial charge on any atom is 0.251 e. The molecule has 1 unspecified atom stereocenters. The zero-order valence-electron chi connectivity index (χ0n) is 19.4. The Bertz CT molecular complexity index is 753. The second kappa shape index (κ2) is 12.9. The van der Waals surface area contributed by atoms with E-state index in [9.17, 15) is 4.79 Å². The van der Waals surface area contributed by atoms with E-state index in [1.54, 1.807) is 21.3 Å². The molecule has 1 atom stereocenters. The first-order valence-electron chi connectivity index (χ1n) is 10.8. The van der Waals surface area contributed by atoms with Gasteiger partial charge in [0, 0.05) is 39.3 Å². The molecule has 0 bridgehead atoms. The molecule has 2 aliphatic heterocycles. The molecule has 1 amide bonds. The number of benzene rings is 1. The number of carbonyl (C=O) groups is 1. The van der Waals surface area contributed by atoms with Crippen molar-refractivity contribution in [3.05, 3.63) is 17.7 Å². The number of nitrogens with one attached hydrogen (secondary N) is 1. The minimum absolute atomic E-state index is 0. The molecular formula is C22H35IN4O5. The van der Waals surface area contributed by atoms with Crippen LogP contribution in [0.5, 0.6) is 17.2 Å². The van der Waals surface area contributed by atoms with Crippen LogP contribution >= 0.6 is 24.0 Å². The molecule has 2 heterocycles. The van der Waals surface area contributed by atoms with Gasteiger partial charge in [-0.3, -0.25) is 4.79 Å². The summed E-state index contributed by atoms with van der Waals surface area (Å²) in [5, 5.41) is 3.36. The Labute approximate surface area is 207 Å². The number of nitrogens with zero attached hydrogens (tertiary/aromatic N) is 3. The van der Waals surface area contributed by atoms with Gasteiger partial charge in [-0.05, 0) is 37.5 Å². The number of guanidine groups is 1. The van der Waals surface area contributed by atoms with Crippen LogP contribution in [0.1, 0.15) is 25.3 Å². The Morgan fingerprint density at radius 1 is 1.09 bits per heavy atom. The van der Waals surface area contributed by atoms with Crippen molar-refractivity contribution in [1.82, 2.24) is 15.1 Å². The van der Waals surface area contributed by atoms with Crippen LogP contribution in [0.4, 0.5) is 0 Å². The maximum absolute atomic E-state index is 12.6. The Balaban J connectivity index is 0.00000363. The van der Waals surface area contributed by atoms with E-state index in [-0.39, 0.29) is 36.0 Å². The summed E-state index contributed by atoms with van der Waals surface area (Å²) in [6.07, 6.45) is 1.54. The van der Waals surface area contributed by atoms with Gasteiger partial charge in [0.1, 0.15) is 6.10 Å². The van der Waals surface area contributed by atoms with Gasteiger partial charge in [0.2, 0.25) is 5.75 Å². The van der Waals surface area contributed by atoms with E-state index in [0.717, 1.165) is 44.0 Å². The zero-order chi connectivity index (χ0) is 22.2. The normalized spacial score (nSPS) is 18.8. The molecule has 1 aromatic rings. The lowest BCUT2D eigenvalue weighted by Crippen LogP contribution is -2.55. The average molecular weight is 562 g/mol. The van der Waals surface area contributed by atoms with Gasteiger partial charge in [-0.2, -0.15) is 0 Å². The third kappa shape index (κ3) is 6.31.